The van der Waals surface area contributed by atoms with Crippen LogP contribution in [0.5, 0.6) is 0 Å². The first-order chi connectivity index (χ1) is 16.2. The molecule has 8 nitrogen and oxygen atoms in total. The van der Waals surface area contributed by atoms with Crippen LogP contribution in [0.1, 0.15) is 0 Å². The van der Waals surface area contributed by atoms with Gasteiger partial charge in [-0.15, -0.1) is 0 Å². The zero-order chi connectivity index (χ0) is 22.2. The van der Waals surface area contributed by atoms with Gasteiger partial charge in [0.1, 0.15) is 0 Å². The molecule has 8 heteroatoms. The van der Waals surface area contributed by atoms with Gasteiger partial charge in [-0.25, -0.2) is 9.67 Å². The summed E-state index contributed by atoms with van der Waals surface area (Å²) in [6.45, 7) is 4.29. The number of anilines is 3. The number of hydrogen-bond donors (Lipinski definition) is 1. The van der Waals surface area contributed by atoms with E-state index < -0.39 is 0 Å². The monoisotopic (exact) mass is 436 g/mol. The number of likely N-dealkylation sites (N-methyl/N-ethyl adjacent to an activating group) is 1. The highest BCUT2D eigenvalue weighted by atomic mass is 15.3. The molecule has 0 spiro atoms. The molecular weight excluding hydrogens is 412 g/mol. The smallest absolute Gasteiger partial charge is 0.229 e. The van der Waals surface area contributed by atoms with Crippen molar-refractivity contribution >= 4 is 39.1 Å². The Labute approximate surface area is 191 Å². The number of piperazine rings is 1. The minimum Gasteiger partial charge on any atom is -0.369 e. The molecule has 6 rings (SSSR count). The molecule has 0 aliphatic carbocycles. The molecule has 5 aromatic rings. The second kappa shape index (κ2) is 8.14. The van der Waals surface area contributed by atoms with Crippen molar-refractivity contribution < 1.29 is 0 Å². The van der Waals surface area contributed by atoms with Crippen LogP contribution in [0.25, 0.3) is 27.5 Å². The van der Waals surface area contributed by atoms with Crippen molar-refractivity contribution in [1.29, 1.82) is 0 Å². The molecule has 2 aromatic carbocycles. The van der Waals surface area contributed by atoms with E-state index in [-0.39, 0.29) is 0 Å². The average molecular weight is 437 g/mol. The van der Waals surface area contributed by atoms with Crippen LogP contribution in [0.2, 0.25) is 0 Å². The lowest BCUT2D eigenvalue weighted by Gasteiger charge is -2.34. The van der Waals surface area contributed by atoms with Gasteiger partial charge < -0.3 is 15.1 Å². The molecule has 0 saturated carbocycles. The first kappa shape index (κ1) is 19.6. The van der Waals surface area contributed by atoms with E-state index in [2.05, 4.69) is 73.6 Å². The topological polar surface area (TPSA) is 75.0 Å². The summed E-state index contributed by atoms with van der Waals surface area (Å²) in [4.78, 5) is 18.2. The molecule has 33 heavy (non-hydrogen) atoms. The predicted molar refractivity (Wildman–Crippen MR) is 131 cm³/mol. The zero-order valence-electron chi connectivity index (χ0n) is 18.4. The van der Waals surface area contributed by atoms with Crippen LogP contribution in [-0.2, 0) is 0 Å². The highest BCUT2D eigenvalue weighted by Gasteiger charge is 2.14. The van der Waals surface area contributed by atoms with Crippen LogP contribution in [0.15, 0.2) is 73.3 Å². The molecule has 0 amide bonds. The van der Waals surface area contributed by atoms with Crippen molar-refractivity contribution in [3.8, 4) is 5.69 Å². The minimum atomic E-state index is 0.541. The summed E-state index contributed by atoms with van der Waals surface area (Å²) >= 11 is 0. The summed E-state index contributed by atoms with van der Waals surface area (Å²) in [6.07, 6.45) is 7.25. The van der Waals surface area contributed by atoms with E-state index in [0.29, 0.717) is 5.95 Å². The van der Waals surface area contributed by atoms with E-state index in [0.717, 1.165) is 59.4 Å². The lowest BCUT2D eigenvalue weighted by molar-refractivity contribution is 0.313. The third-order valence-corrected chi connectivity index (χ3v) is 6.17. The molecule has 1 N–H and O–H groups in total. The maximum absolute atomic E-state index is 4.75. The van der Waals surface area contributed by atoms with Crippen LogP contribution in [0, 0.1) is 0 Å². The number of nitrogens with zero attached hydrogens (tertiary/aromatic N) is 7. The molecule has 0 unspecified atom stereocenters. The summed E-state index contributed by atoms with van der Waals surface area (Å²) in [5.74, 6) is 0.541. The Hall–Kier alpha value is -4.04. The number of hydrogen-bond acceptors (Lipinski definition) is 7. The van der Waals surface area contributed by atoms with Gasteiger partial charge in [-0.05, 0) is 54.9 Å². The van der Waals surface area contributed by atoms with Crippen molar-refractivity contribution in [2.45, 2.75) is 0 Å². The number of pyridine rings is 1. The number of aromatic nitrogens is 5. The molecule has 1 saturated heterocycles. The molecule has 164 valence electrons. The summed E-state index contributed by atoms with van der Waals surface area (Å²) < 4.78 is 1.84. The van der Waals surface area contributed by atoms with Gasteiger partial charge in [0, 0.05) is 61.5 Å². The molecule has 1 fully saturated rings. The van der Waals surface area contributed by atoms with E-state index in [1.807, 2.05) is 23.0 Å². The summed E-state index contributed by atoms with van der Waals surface area (Å²) in [6, 6.07) is 16.6. The van der Waals surface area contributed by atoms with Crippen molar-refractivity contribution in [1.82, 2.24) is 29.6 Å². The van der Waals surface area contributed by atoms with E-state index in [1.54, 1.807) is 18.6 Å². The lowest BCUT2D eigenvalue weighted by Crippen LogP contribution is -2.44. The van der Waals surface area contributed by atoms with Crippen molar-refractivity contribution in [2.24, 2.45) is 0 Å². The molecular formula is C25H24N8. The van der Waals surface area contributed by atoms with Crippen LogP contribution >= 0.6 is 0 Å². The molecule has 0 radical (unpaired) electrons. The summed E-state index contributed by atoms with van der Waals surface area (Å²) in [5.41, 5.74) is 3.89. The maximum atomic E-state index is 4.75. The number of nitrogens with one attached hydrogen (secondary N) is 1. The Balaban J connectivity index is 1.26. The van der Waals surface area contributed by atoms with Gasteiger partial charge in [-0.3, -0.25) is 4.98 Å². The zero-order valence-corrected chi connectivity index (χ0v) is 18.4. The molecule has 1 aliphatic heterocycles. The minimum absolute atomic E-state index is 0.541. The quantitative estimate of drug-likeness (QED) is 0.459. The second-order valence-corrected chi connectivity index (χ2v) is 8.40. The first-order valence-electron chi connectivity index (χ1n) is 11.1. The highest BCUT2D eigenvalue weighted by Crippen LogP contribution is 2.24. The van der Waals surface area contributed by atoms with Gasteiger partial charge in [0.15, 0.2) is 5.65 Å². The van der Waals surface area contributed by atoms with Crippen LogP contribution in [0.4, 0.5) is 17.3 Å². The fourth-order valence-electron chi connectivity index (χ4n) is 4.22. The largest absolute Gasteiger partial charge is 0.369 e. The van der Waals surface area contributed by atoms with Gasteiger partial charge in [-0.1, -0.05) is 6.07 Å². The Kier molecular flexibility index (Phi) is 4.84. The van der Waals surface area contributed by atoms with Crippen LogP contribution in [-0.4, -0.2) is 62.9 Å². The third-order valence-electron chi connectivity index (χ3n) is 6.17. The first-order valence-corrected chi connectivity index (χ1v) is 11.1. The van der Waals surface area contributed by atoms with E-state index in [4.69, 9.17) is 4.98 Å². The van der Waals surface area contributed by atoms with E-state index in [9.17, 15) is 0 Å². The Morgan fingerprint density at radius 1 is 0.788 bits per heavy atom. The Morgan fingerprint density at radius 3 is 2.45 bits per heavy atom. The SMILES string of the molecule is CN1CCN(c2ccc(Nc3ncc4cnn(-c5ccc6ccncc6c5)c4n3)cc2)CC1. The molecule has 3 aromatic heterocycles. The third kappa shape index (κ3) is 3.85. The van der Waals surface area contributed by atoms with Gasteiger partial charge in [0.25, 0.3) is 0 Å². The molecule has 1 aliphatic rings. The Bertz CT molecular complexity index is 1420. The van der Waals surface area contributed by atoms with Crippen LogP contribution in [0.3, 0.4) is 0 Å². The fraction of sp³-hybridized carbons (Fsp3) is 0.200. The number of rotatable bonds is 4. The normalized spacial score (nSPS) is 14.8. The van der Waals surface area contributed by atoms with Crippen LogP contribution < -0.4 is 10.2 Å². The Morgan fingerprint density at radius 2 is 1.61 bits per heavy atom. The fourth-order valence-corrected chi connectivity index (χ4v) is 4.22. The van der Waals surface area contributed by atoms with Crippen molar-refractivity contribution in [3.63, 3.8) is 0 Å². The van der Waals surface area contributed by atoms with Crippen molar-refractivity contribution in [2.75, 3.05) is 43.4 Å². The van der Waals surface area contributed by atoms with Gasteiger partial charge in [0.2, 0.25) is 5.95 Å². The lowest BCUT2D eigenvalue weighted by atomic mass is 10.1. The molecule has 0 bridgehead atoms. The van der Waals surface area contributed by atoms with E-state index in [1.165, 1.54) is 5.69 Å². The average Bonchev–Trinajstić information content (AvgIpc) is 3.28. The van der Waals surface area contributed by atoms with Gasteiger partial charge in [0.05, 0.1) is 17.3 Å². The number of fused-ring (bicyclic) bond motifs is 2. The summed E-state index contributed by atoms with van der Waals surface area (Å²) in [5, 5.41) is 11.0. The van der Waals surface area contributed by atoms with E-state index >= 15 is 0 Å². The maximum Gasteiger partial charge on any atom is 0.229 e. The molecule has 4 heterocycles. The standard InChI is InChI=1S/C25H24N8/c1-31-10-12-32(13-11-31)22-6-3-21(4-7-22)29-25-27-16-20-17-28-33(24(20)30-25)23-5-2-18-8-9-26-15-19(18)14-23/h2-9,14-17H,10-13H2,1H3,(H,27,29,30). The van der Waals surface area contributed by atoms with Gasteiger partial charge >= 0.3 is 0 Å². The predicted octanol–water partition coefficient (Wildman–Crippen LogP) is 3.86. The number of benzene rings is 2. The highest BCUT2D eigenvalue weighted by molar-refractivity contribution is 5.84. The summed E-state index contributed by atoms with van der Waals surface area (Å²) in [7, 11) is 2.17. The van der Waals surface area contributed by atoms with Crippen molar-refractivity contribution in [3.05, 3.63) is 73.3 Å². The van der Waals surface area contributed by atoms with Gasteiger partial charge in [-0.2, -0.15) is 10.1 Å². The molecule has 0 atom stereocenters. The second-order valence-electron chi connectivity index (χ2n) is 8.40.